The first-order chi connectivity index (χ1) is 12.3. The van der Waals surface area contributed by atoms with Crippen LogP contribution in [-0.4, -0.2) is 21.0 Å². The van der Waals surface area contributed by atoms with Crippen LogP contribution in [0.5, 0.6) is 0 Å². The number of halogens is 1. The molecule has 1 saturated heterocycles. The highest BCUT2D eigenvalue weighted by Gasteiger charge is 2.39. The number of H-pyrrole nitrogens is 1. The molecule has 0 amide bonds. The summed E-state index contributed by atoms with van der Waals surface area (Å²) in [6, 6.07) is 9.63. The first kappa shape index (κ1) is 15.0. The molecule has 25 heavy (non-hydrogen) atoms. The Balaban J connectivity index is 1.46. The van der Waals surface area contributed by atoms with Gasteiger partial charge in [-0.2, -0.15) is 0 Å². The Morgan fingerprint density at radius 1 is 1.04 bits per heavy atom. The Bertz CT molecular complexity index is 884. The van der Waals surface area contributed by atoms with Crippen LogP contribution in [0.4, 0.5) is 4.39 Å². The van der Waals surface area contributed by atoms with Gasteiger partial charge in [0.2, 0.25) is 0 Å². The molecule has 3 heterocycles. The molecule has 5 rings (SSSR count). The lowest BCUT2D eigenvalue weighted by Gasteiger charge is -2.36. The van der Waals surface area contributed by atoms with E-state index in [0.717, 1.165) is 41.2 Å². The molecule has 0 bridgehead atoms. The second-order valence-electron chi connectivity index (χ2n) is 7.39. The van der Waals surface area contributed by atoms with Gasteiger partial charge in [0.1, 0.15) is 11.6 Å². The van der Waals surface area contributed by atoms with Gasteiger partial charge in [-0.1, -0.05) is 12.1 Å². The summed E-state index contributed by atoms with van der Waals surface area (Å²) in [6.07, 6.45) is 8.43. The summed E-state index contributed by atoms with van der Waals surface area (Å²) in [4.78, 5) is 12.6. The Kier molecular flexibility index (Phi) is 3.55. The highest BCUT2D eigenvalue weighted by molar-refractivity contribution is 5.73. The maximum atomic E-state index is 13.3. The fourth-order valence-corrected chi connectivity index (χ4v) is 4.10. The van der Waals surface area contributed by atoms with Crippen molar-refractivity contribution in [3.05, 3.63) is 59.9 Å². The van der Waals surface area contributed by atoms with E-state index in [2.05, 4.69) is 15.3 Å². The van der Waals surface area contributed by atoms with Gasteiger partial charge < -0.3 is 10.3 Å². The van der Waals surface area contributed by atoms with Crippen LogP contribution in [0.25, 0.3) is 11.0 Å². The Labute approximate surface area is 145 Å². The average molecular weight is 336 g/mol. The molecule has 4 nitrogen and oxygen atoms in total. The molecule has 0 radical (unpaired) electrons. The van der Waals surface area contributed by atoms with Gasteiger partial charge in [-0.3, -0.25) is 0 Å². The van der Waals surface area contributed by atoms with Crippen molar-refractivity contribution in [3.8, 4) is 0 Å². The van der Waals surface area contributed by atoms with E-state index in [1.54, 1.807) is 12.1 Å². The first-order valence-electron chi connectivity index (χ1n) is 9.08. The van der Waals surface area contributed by atoms with Gasteiger partial charge >= 0.3 is 0 Å². The summed E-state index contributed by atoms with van der Waals surface area (Å²) in [5.74, 6) is 1.85. The topological polar surface area (TPSA) is 53.6 Å². The van der Waals surface area contributed by atoms with Gasteiger partial charge in [0, 0.05) is 24.2 Å². The average Bonchev–Trinajstić information content (AvgIpc) is 3.39. The van der Waals surface area contributed by atoms with Crippen molar-refractivity contribution in [3.63, 3.8) is 0 Å². The number of hydrogen-bond acceptors (Lipinski definition) is 3. The number of fused-ring (bicyclic) bond motifs is 1. The van der Waals surface area contributed by atoms with Gasteiger partial charge in [0.05, 0.1) is 17.2 Å². The third-order valence-electron chi connectivity index (χ3n) is 5.62. The normalized spacial score (nSPS) is 26.8. The third-order valence-corrected chi connectivity index (χ3v) is 5.62. The maximum absolute atomic E-state index is 13.3. The quantitative estimate of drug-likeness (QED) is 0.757. The van der Waals surface area contributed by atoms with Crippen LogP contribution in [0.15, 0.2) is 42.7 Å². The number of nitrogens with one attached hydrogen (secondary N) is 2. The van der Waals surface area contributed by atoms with Crippen LogP contribution in [-0.2, 0) is 0 Å². The minimum Gasteiger partial charge on any atom is -0.359 e. The van der Waals surface area contributed by atoms with E-state index in [9.17, 15) is 4.39 Å². The van der Waals surface area contributed by atoms with E-state index in [1.165, 1.54) is 12.8 Å². The van der Waals surface area contributed by atoms with Crippen molar-refractivity contribution < 1.29 is 4.39 Å². The smallest absolute Gasteiger partial charge is 0.132 e. The van der Waals surface area contributed by atoms with Crippen LogP contribution in [0.3, 0.4) is 0 Å². The molecule has 5 heteroatoms. The predicted octanol–water partition coefficient (Wildman–Crippen LogP) is 4.08. The number of nitrogens with zero attached hydrogens (tertiary/aromatic N) is 2. The second-order valence-corrected chi connectivity index (χ2v) is 7.39. The molecule has 2 aromatic heterocycles. The summed E-state index contributed by atoms with van der Waals surface area (Å²) in [5.41, 5.74) is 3.11. The monoisotopic (exact) mass is 336 g/mol. The number of rotatable bonds is 3. The minimum absolute atomic E-state index is 0.184. The zero-order valence-electron chi connectivity index (χ0n) is 14.0. The molecular weight excluding hydrogens is 315 g/mol. The molecule has 2 fully saturated rings. The van der Waals surface area contributed by atoms with Gasteiger partial charge in [0.25, 0.3) is 0 Å². The molecule has 1 aliphatic carbocycles. The fourth-order valence-electron chi connectivity index (χ4n) is 4.10. The summed E-state index contributed by atoms with van der Waals surface area (Å²) < 4.78 is 13.3. The van der Waals surface area contributed by atoms with Crippen LogP contribution < -0.4 is 5.32 Å². The lowest BCUT2D eigenvalue weighted by molar-refractivity contribution is 0.266. The molecule has 3 atom stereocenters. The Hall–Kier alpha value is -2.27. The summed E-state index contributed by atoms with van der Waals surface area (Å²) in [6.45, 7) is 0. The molecule has 1 aliphatic heterocycles. The zero-order valence-corrected chi connectivity index (χ0v) is 14.0. The number of hydrogen-bond donors (Lipinski definition) is 2. The molecule has 3 aromatic rings. The number of aromatic amines is 1. The maximum Gasteiger partial charge on any atom is 0.132 e. The standard InChI is InChI=1S/C20H21FN4/c21-15-5-3-13(4-6-15)18-10-14(9-17(24-18)12-1-2-12)20-23-11-19-16(25-20)7-8-22-19/h3-8,11-12,14,17-18,22,24H,1-2,9-10H2. The first-order valence-corrected chi connectivity index (χ1v) is 9.08. The molecule has 0 spiro atoms. The van der Waals surface area contributed by atoms with Gasteiger partial charge in [0.15, 0.2) is 0 Å². The molecule has 128 valence electrons. The SMILES string of the molecule is Fc1ccc(C2CC(c3ncc4[nH]ccc4n3)CC(C3CC3)N2)cc1. The van der Waals surface area contributed by atoms with Crippen LogP contribution in [0, 0.1) is 11.7 Å². The predicted molar refractivity (Wildman–Crippen MR) is 94.7 cm³/mol. The Morgan fingerprint density at radius 2 is 1.88 bits per heavy atom. The molecule has 3 unspecified atom stereocenters. The fraction of sp³-hybridized carbons (Fsp3) is 0.400. The van der Waals surface area contributed by atoms with E-state index < -0.39 is 0 Å². The van der Waals surface area contributed by atoms with E-state index >= 15 is 0 Å². The lowest BCUT2D eigenvalue weighted by Crippen LogP contribution is -2.41. The zero-order chi connectivity index (χ0) is 16.8. The van der Waals surface area contributed by atoms with Gasteiger partial charge in [-0.25, -0.2) is 14.4 Å². The van der Waals surface area contributed by atoms with Crippen molar-refractivity contribution in [2.45, 2.75) is 43.7 Å². The van der Waals surface area contributed by atoms with Crippen LogP contribution in [0.1, 0.15) is 49.0 Å². The van der Waals surface area contributed by atoms with E-state index in [4.69, 9.17) is 4.98 Å². The lowest BCUT2D eigenvalue weighted by atomic mass is 9.83. The summed E-state index contributed by atoms with van der Waals surface area (Å²) in [5, 5.41) is 3.80. The number of benzene rings is 1. The summed E-state index contributed by atoms with van der Waals surface area (Å²) >= 11 is 0. The van der Waals surface area contributed by atoms with E-state index in [1.807, 2.05) is 30.6 Å². The van der Waals surface area contributed by atoms with Crippen molar-refractivity contribution in [2.75, 3.05) is 0 Å². The third kappa shape index (κ3) is 2.93. The second kappa shape index (κ2) is 5.92. The largest absolute Gasteiger partial charge is 0.359 e. The molecule has 1 saturated carbocycles. The molecule has 1 aromatic carbocycles. The van der Waals surface area contributed by atoms with Crippen molar-refractivity contribution in [1.29, 1.82) is 0 Å². The van der Waals surface area contributed by atoms with E-state index in [0.29, 0.717) is 12.0 Å². The van der Waals surface area contributed by atoms with Crippen molar-refractivity contribution >= 4 is 11.0 Å². The van der Waals surface area contributed by atoms with Gasteiger partial charge in [-0.15, -0.1) is 0 Å². The summed E-state index contributed by atoms with van der Waals surface area (Å²) in [7, 11) is 0. The van der Waals surface area contributed by atoms with E-state index in [-0.39, 0.29) is 11.9 Å². The molecule has 2 aliphatic rings. The van der Waals surface area contributed by atoms with Crippen molar-refractivity contribution in [1.82, 2.24) is 20.3 Å². The highest BCUT2D eigenvalue weighted by Crippen LogP contribution is 2.43. The highest BCUT2D eigenvalue weighted by atomic mass is 19.1. The molecular formula is C20H21FN4. The number of piperidine rings is 1. The van der Waals surface area contributed by atoms with Gasteiger partial charge in [-0.05, 0) is 55.4 Å². The number of aromatic nitrogens is 3. The Morgan fingerprint density at radius 3 is 2.68 bits per heavy atom. The van der Waals surface area contributed by atoms with Crippen LogP contribution >= 0.6 is 0 Å². The molecule has 2 N–H and O–H groups in total. The van der Waals surface area contributed by atoms with Crippen molar-refractivity contribution in [2.24, 2.45) is 5.92 Å². The minimum atomic E-state index is -0.184. The van der Waals surface area contributed by atoms with Crippen LogP contribution in [0.2, 0.25) is 0 Å².